The van der Waals surface area contributed by atoms with Gasteiger partial charge in [0.2, 0.25) is 5.91 Å². The number of carbonyl (C=O) groups excluding carboxylic acids is 1. The fourth-order valence-electron chi connectivity index (χ4n) is 2.79. The number of amides is 1. The van der Waals surface area contributed by atoms with Crippen molar-refractivity contribution in [3.05, 3.63) is 0 Å². The maximum atomic E-state index is 12.2. The Labute approximate surface area is 101 Å². The van der Waals surface area contributed by atoms with E-state index in [0.29, 0.717) is 19.5 Å². The van der Waals surface area contributed by atoms with E-state index in [4.69, 9.17) is 5.11 Å². The second kappa shape index (κ2) is 5.04. The molecule has 0 bridgehead atoms. The van der Waals surface area contributed by atoms with Gasteiger partial charge in [0.25, 0.3) is 0 Å². The predicted octanol–water partition coefficient (Wildman–Crippen LogP) is 0.261. The fourth-order valence-corrected chi connectivity index (χ4v) is 2.79. The summed E-state index contributed by atoms with van der Waals surface area (Å²) in [5.41, 5.74) is 0. The van der Waals surface area contributed by atoms with E-state index >= 15 is 0 Å². The number of carbonyl (C=O) groups is 2. The van der Waals surface area contributed by atoms with Gasteiger partial charge in [-0.25, -0.2) is 0 Å². The largest absolute Gasteiger partial charge is 0.481 e. The molecule has 2 rings (SSSR count). The molecule has 96 valence electrons. The number of likely N-dealkylation sites (tertiary alicyclic amines) is 2. The Balaban J connectivity index is 1.90. The second-order valence-corrected chi connectivity index (χ2v) is 5.21. The van der Waals surface area contributed by atoms with E-state index < -0.39 is 5.97 Å². The molecule has 1 N–H and O–H groups in total. The molecular weight excluding hydrogens is 220 g/mol. The van der Waals surface area contributed by atoms with Gasteiger partial charge in [0.15, 0.2) is 0 Å². The average molecular weight is 240 g/mol. The molecular formula is C12H20N2O3. The summed E-state index contributed by atoms with van der Waals surface area (Å²) >= 11 is 0. The van der Waals surface area contributed by atoms with Crippen molar-refractivity contribution < 1.29 is 14.7 Å². The van der Waals surface area contributed by atoms with Crippen LogP contribution in [0.3, 0.4) is 0 Å². The molecule has 0 aliphatic carbocycles. The van der Waals surface area contributed by atoms with Crippen LogP contribution in [0, 0.1) is 11.8 Å². The lowest BCUT2D eigenvalue weighted by Gasteiger charge is -2.31. The lowest BCUT2D eigenvalue weighted by atomic mass is 9.97. The normalized spacial score (nSPS) is 30.5. The zero-order chi connectivity index (χ0) is 12.4. The molecule has 17 heavy (non-hydrogen) atoms. The van der Waals surface area contributed by atoms with Crippen LogP contribution in [0.15, 0.2) is 0 Å². The maximum absolute atomic E-state index is 12.2. The van der Waals surface area contributed by atoms with E-state index in [0.717, 1.165) is 25.9 Å². The molecule has 5 heteroatoms. The number of aliphatic carboxylic acids is 1. The fraction of sp³-hybridized carbons (Fsp3) is 0.833. The van der Waals surface area contributed by atoms with E-state index in [-0.39, 0.29) is 17.7 Å². The number of carboxylic acids is 1. The molecule has 2 saturated heterocycles. The first kappa shape index (κ1) is 12.4. The number of rotatable bonds is 2. The first-order valence-electron chi connectivity index (χ1n) is 6.28. The third-order valence-electron chi connectivity index (χ3n) is 3.82. The molecule has 2 heterocycles. The number of piperidine rings is 1. The van der Waals surface area contributed by atoms with Crippen molar-refractivity contribution in [2.24, 2.45) is 11.8 Å². The van der Waals surface area contributed by atoms with Gasteiger partial charge in [0.05, 0.1) is 11.8 Å². The Morgan fingerprint density at radius 2 is 1.88 bits per heavy atom. The molecule has 0 aromatic rings. The van der Waals surface area contributed by atoms with Crippen LogP contribution in [0.4, 0.5) is 0 Å². The number of carboxylic acid groups (broad SMARTS) is 1. The smallest absolute Gasteiger partial charge is 0.308 e. The van der Waals surface area contributed by atoms with Gasteiger partial charge in [-0.1, -0.05) is 0 Å². The molecule has 2 aliphatic rings. The van der Waals surface area contributed by atoms with Gasteiger partial charge < -0.3 is 14.9 Å². The summed E-state index contributed by atoms with van der Waals surface area (Å²) in [5, 5.41) is 8.92. The van der Waals surface area contributed by atoms with E-state index in [1.165, 1.54) is 0 Å². The van der Waals surface area contributed by atoms with Crippen LogP contribution in [-0.4, -0.2) is 60.0 Å². The quantitative estimate of drug-likeness (QED) is 0.752. The van der Waals surface area contributed by atoms with Gasteiger partial charge in [-0.15, -0.1) is 0 Å². The third-order valence-corrected chi connectivity index (χ3v) is 3.82. The summed E-state index contributed by atoms with van der Waals surface area (Å²) in [6.07, 6.45) is 2.60. The van der Waals surface area contributed by atoms with Crippen LogP contribution >= 0.6 is 0 Å². The van der Waals surface area contributed by atoms with Crippen LogP contribution in [0.5, 0.6) is 0 Å². The highest BCUT2D eigenvalue weighted by molar-refractivity contribution is 5.81. The number of hydrogen-bond donors (Lipinski definition) is 1. The lowest BCUT2D eigenvalue weighted by Crippen LogP contribution is -2.43. The highest BCUT2D eigenvalue weighted by atomic mass is 16.4. The maximum Gasteiger partial charge on any atom is 0.308 e. The van der Waals surface area contributed by atoms with E-state index in [2.05, 4.69) is 4.90 Å². The molecule has 5 nitrogen and oxygen atoms in total. The summed E-state index contributed by atoms with van der Waals surface area (Å²) in [4.78, 5) is 27.0. The van der Waals surface area contributed by atoms with Crippen LogP contribution in [0.1, 0.15) is 19.3 Å². The van der Waals surface area contributed by atoms with Crippen molar-refractivity contribution >= 4 is 11.9 Å². The van der Waals surface area contributed by atoms with Crippen molar-refractivity contribution in [1.82, 2.24) is 9.80 Å². The first-order chi connectivity index (χ1) is 8.08. The summed E-state index contributed by atoms with van der Waals surface area (Å²) in [6, 6.07) is 0. The summed E-state index contributed by atoms with van der Waals surface area (Å²) in [6.45, 7) is 2.87. The molecule has 0 spiro atoms. The van der Waals surface area contributed by atoms with Crippen LogP contribution in [0.25, 0.3) is 0 Å². The zero-order valence-corrected chi connectivity index (χ0v) is 10.3. The van der Waals surface area contributed by atoms with E-state index in [1.807, 2.05) is 7.05 Å². The summed E-state index contributed by atoms with van der Waals surface area (Å²) < 4.78 is 0. The minimum atomic E-state index is -0.777. The first-order valence-corrected chi connectivity index (χ1v) is 6.28. The highest BCUT2D eigenvalue weighted by Crippen LogP contribution is 2.22. The van der Waals surface area contributed by atoms with Gasteiger partial charge in [0, 0.05) is 19.6 Å². The van der Waals surface area contributed by atoms with Crippen molar-refractivity contribution in [1.29, 1.82) is 0 Å². The third kappa shape index (κ3) is 2.77. The Kier molecular flexibility index (Phi) is 3.66. The Morgan fingerprint density at radius 3 is 2.47 bits per heavy atom. The Hall–Kier alpha value is -1.10. The average Bonchev–Trinajstić information content (AvgIpc) is 2.77. The molecule has 0 unspecified atom stereocenters. The molecule has 0 aromatic heterocycles. The second-order valence-electron chi connectivity index (χ2n) is 5.21. The number of hydrogen-bond acceptors (Lipinski definition) is 3. The predicted molar refractivity (Wildman–Crippen MR) is 62.5 cm³/mol. The van der Waals surface area contributed by atoms with Crippen molar-refractivity contribution in [2.45, 2.75) is 19.3 Å². The topological polar surface area (TPSA) is 60.9 Å². The summed E-state index contributed by atoms with van der Waals surface area (Å²) in [5.74, 6) is -0.914. The summed E-state index contributed by atoms with van der Waals surface area (Å²) in [7, 11) is 2.03. The van der Waals surface area contributed by atoms with E-state index in [1.54, 1.807) is 4.90 Å². The number of nitrogens with zero attached hydrogens (tertiary/aromatic N) is 2. The SMILES string of the molecule is CN1CCC[C@@H](C(=O)N2CC[C@@H](C(=O)O)C2)C1. The molecule has 0 saturated carbocycles. The van der Waals surface area contributed by atoms with Gasteiger partial charge in [-0.2, -0.15) is 0 Å². The van der Waals surface area contributed by atoms with E-state index in [9.17, 15) is 9.59 Å². The minimum absolute atomic E-state index is 0.0706. The van der Waals surface area contributed by atoms with Gasteiger partial charge >= 0.3 is 5.97 Å². The molecule has 1 amide bonds. The molecule has 0 aromatic carbocycles. The van der Waals surface area contributed by atoms with Crippen LogP contribution in [0.2, 0.25) is 0 Å². The molecule has 0 radical (unpaired) electrons. The lowest BCUT2D eigenvalue weighted by molar-refractivity contribution is -0.141. The van der Waals surface area contributed by atoms with Crippen LogP contribution in [-0.2, 0) is 9.59 Å². The van der Waals surface area contributed by atoms with Crippen molar-refractivity contribution in [3.8, 4) is 0 Å². The van der Waals surface area contributed by atoms with Gasteiger partial charge in [-0.3, -0.25) is 9.59 Å². The molecule has 2 fully saturated rings. The van der Waals surface area contributed by atoms with Crippen molar-refractivity contribution in [2.75, 3.05) is 33.2 Å². The monoisotopic (exact) mass is 240 g/mol. The van der Waals surface area contributed by atoms with Crippen molar-refractivity contribution in [3.63, 3.8) is 0 Å². The Bertz CT molecular complexity index is 319. The van der Waals surface area contributed by atoms with Crippen LogP contribution < -0.4 is 0 Å². The zero-order valence-electron chi connectivity index (χ0n) is 10.3. The molecule has 2 aliphatic heterocycles. The Morgan fingerprint density at radius 1 is 1.12 bits per heavy atom. The highest BCUT2D eigenvalue weighted by Gasteiger charge is 2.34. The van der Waals surface area contributed by atoms with Gasteiger partial charge in [-0.05, 0) is 32.9 Å². The standard InChI is InChI=1S/C12H20N2O3/c1-13-5-2-3-9(7-13)11(15)14-6-4-10(8-14)12(16)17/h9-10H,2-8H2,1H3,(H,16,17)/t9-,10-/m1/s1. The molecule has 2 atom stereocenters. The van der Waals surface area contributed by atoms with Gasteiger partial charge in [0.1, 0.15) is 0 Å². The minimum Gasteiger partial charge on any atom is -0.481 e.